The fraction of sp³-hybridized carbons (Fsp3) is 0.512. The molecule has 3 N–H and O–H groups in total. The van der Waals surface area contributed by atoms with Crippen molar-refractivity contribution < 1.29 is 55.0 Å². The molecule has 1 fully saturated rings. The summed E-state index contributed by atoms with van der Waals surface area (Å²) in [7, 11) is -5.24. The standard InChI is InChI=1S/C43H56F3N3O9SSi/c1-26(2)37(38(50)43(44,45)46)48-39(51)36-21-29(59(54,55)25-27-17-19-28(56-6)20-18-27)22-49(36)40(52)35(24-58-60(7,8)42(3,4)5)47-41(53)57-23-34-32-15-11-9-13-30(32)31-14-10-12-16-33(31)34/h9-20,26,29,34-38,50H,21-25H2,1-8H3,(H,47,53)(H,48,51)/t29-,35?,36+,37?,38?/m1/s1. The minimum absolute atomic E-state index is 0.0809. The van der Waals surface area contributed by atoms with E-state index in [0.29, 0.717) is 11.3 Å². The number of sulfone groups is 1. The van der Waals surface area contributed by atoms with E-state index in [4.69, 9.17) is 13.9 Å². The molecule has 1 heterocycles. The minimum Gasteiger partial charge on any atom is -0.497 e. The van der Waals surface area contributed by atoms with Crippen LogP contribution in [-0.4, -0.2) is 107 Å². The monoisotopic (exact) mass is 875 g/mol. The van der Waals surface area contributed by atoms with Crippen molar-refractivity contribution in [3.8, 4) is 16.9 Å². The number of nitrogens with one attached hydrogen (secondary N) is 2. The number of nitrogens with zero attached hydrogens (tertiary/aromatic N) is 1. The zero-order valence-electron chi connectivity index (χ0n) is 35.2. The highest BCUT2D eigenvalue weighted by molar-refractivity contribution is 7.91. The lowest BCUT2D eigenvalue weighted by molar-refractivity contribution is -0.215. The number of hydrogen-bond donors (Lipinski definition) is 3. The average molecular weight is 876 g/mol. The minimum atomic E-state index is -5.09. The first kappa shape index (κ1) is 46.6. The zero-order valence-corrected chi connectivity index (χ0v) is 37.0. The van der Waals surface area contributed by atoms with Gasteiger partial charge in [-0.25, -0.2) is 13.2 Å². The van der Waals surface area contributed by atoms with Crippen molar-refractivity contribution in [2.75, 3.05) is 26.9 Å². The van der Waals surface area contributed by atoms with E-state index < -0.39 is 96.4 Å². The number of aliphatic hydroxyl groups is 1. The summed E-state index contributed by atoms with van der Waals surface area (Å²) in [6, 6.07) is 16.9. The van der Waals surface area contributed by atoms with Gasteiger partial charge in [-0.2, -0.15) is 13.2 Å². The van der Waals surface area contributed by atoms with Crippen molar-refractivity contribution in [3.63, 3.8) is 0 Å². The Kier molecular flexibility index (Phi) is 14.2. The van der Waals surface area contributed by atoms with E-state index in [0.717, 1.165) is 27.2 Å². The number of ether oxygens (including phenoxy) is 2. The van der Waals surface area contributed by atoms with Crippen molar-refractivity contribution >= 4 is 36.1 Å². The van der Waals surface area contributed by atoms with Gasteiger partial charge in [0.15, 0.2) is 24.3 Å². The largest absolute Gasteiger partial charge is 0.497 e. The molecule has 5 rings (SSSR count). The number of halogens is 3. The molecule has 17 heteroatoms. The molecule has 60 heavy (non-hydrogen) atoms. The van der Waals surface area contributed by atoms with Gasteiger partial charge in [-0.05, 0) is 70.4 Å². The lowest BCUT2D eigenvalue weighted by Gasteiger charge is -2.38. The number of likely N-dealkylation sites (tertiary alicyclic amines) is 1. The summed E-state index contributed by atoms with van der Waals surface area (Å²) in [5.74, 6) is -3.15. The molecule has 0 aromatic heterocycles. The Bertz CT molecular complexity index is 2080. The topological polar surface area (TPSA) is 161 Å². The van der Waals surface area contributed by atoms with E-state index in [-0.39, 0.29) is 24.2 Å². The number of fused-ring (bicyclic) bond motifs is 3. The van der Waals surface area contributed by atoms with Gasteiger partial charge in [-0.15, -0.1) is 0 Å². The van der Waals surface area contributed by atoms with Gasteiger partial charge >= 0.3 is 12.3 Å². The molecule has 2 aliphatic rings. The Morgan fingerprint density at radius 3 is 2.00 bits per heavy atom. The maximum absolute atomic E-state index is 14.7. The smallest absolute Gasteiger partial charge is 0.416 e. The van der Waals surface area contributed by atoms with Crippen LogP contribution in [0.25, 0.3) is 11.1 Å². The van der Waals surface area contributed by atoms with Crippen LogP contribution in [0.3, 0.4) is 0 Å². The van der Waals surface area contributed by atoms with Crippen molar-refractivity contribution in [3.05, 3.63) is 89.5 Å². The Hall–Kier alpha value is -4.45. The lowest BCUT2D eigenvalue weighted by Crippen LogP contribution is -2.59. The molecular weight excluding hydrogens is 820 g/mol. The number of aliphatic hydroxyl groups excluding tert-OH is 1. The van der Waals surface area contributed by atoms with E-state index in [1.165, 1.54) is 21.0 Å². The lowest BCUT2D eigenvalue weighted by atomic mass is 9.97. The van der Waals surface area contributed by atoms with Crippen LogP contribution in [-0.2, 0) is 34.3 Å². The van der Waals surface area contributed by atoms with Crippen LogP contribution >= 0.6 is 0 Å². The number of carbonyl (C=O) groups excluding carboxylic acids is 3. The van der Waals surface area contributed by atoms with Crippen LogP contribution < -0.4 is 15.4 Å². The van der Waals surface area contributed by atoms with Crippen LogP contribution in [0.1, 0.15) is 63.6 Å². The van der Waals surface area contributed by atoms with E-state index >= 15 is 0 Å². The summed E-state index contributed by atoms with van der Waals surface area (Å²) in [6.45, 7) is 11.6. The van der Waals surface area contributed by atoms with Crippen molar-refractivity contribution in [1.82, 2.24) is 15.5 Å². The van der Waals surface area contributed by atoms with E-state index in [1.54, 1.807) is 24.3 Å². The first-order chi connectivity index (χ1) is 27.9. The molecule has 1 aliphatic carbocycles. The molecular formula is C43H56F3N3O9SSi. The Morgan fingerprint density at radius 1 is 0.917 bits per heavy atom. The molecule has 0 bridgehead atoms. The van der Waals surface area contributed by atoms with Gasteiger partial charge in [0.1, 0.15) is 24.4 Å². The summed E-state index contributed by atoms with van der Waals surface area (Å²) in [5, 5.41) is 13.4. The van der Waals surface area contributed by atoms with E-state index in [1.807, 2.05) is 82.4 Å². The van der Waals surface area contributed by atoms with Crippen molar-refractivity contribution in [2.45, 2.75) is 106 Å². The number of hydrogen-bond acceptors (Lipinski definition) is 9. The molecule has 3 unspecified atom stereocenters. The summed E-state index contributed by atoms with van der Waals surface area (Å²) < 4.78 is 86.5. The highest BCUT2D eigenvalue weighted by Gasteiger charge is 2.50. The molecule has 3 aromatic carbocycles. The van der Waals surface area contributed by atoms with Crippen LogP contribution in [0.5, 0.6) is 5.75 Å². The number of rotatable bonds is 15. The SMILES string of the molecule is COc1ccc(CS(=O)(=O)[C@@H]2C[C@@H](C(=O)NC(C(C)C)C(O)C(F)(F)F)N(C(=O)C(CO[Si](C)(C)C(C)(C)C)NC(=O)OCC3c4ccccc4-c4ccccc43)C2)cc1. The quantitative estimate of drug-likeness (QED) is 0.144. The highest BCUT2D eigenvalue weighted by Crippen LogP contribution is 2.44. The Balaban J connectivity index is 1.44. The average Bonchev–Trinajstić information content (AvgIpc) is 3.77. The molecule has 3 aromatic rings. The molecule has 0 saturated carbocycles. The molecule has 0 spiro atoms. The maximum atomic E-state index is 14.7. The fourth-order valence-electron chi connectivity index (χ4n) is 7.36. The Labute approximate surface area is 351 Å². The van der Waals surface area contributed by atoms with Crippen molar-refractivity contribution in [2.24, 2.45) is 5.92 Å². The third-order valence-electron chi connectivity index (χ3n) is 11.9. The van der Waals surface area contributed by atoms with E-state index in [2.05, 4.69) is 10.6 Å². The number of carbonyl (C=O) groups is 3. The molecule has 1 saturated heterocycles. The third kappa shape index (κ3) is 10.5. The summed E-state index contributed by atoms with van der Waals surface area (Å²) in [6.07, 6.45) is -9.45. The second-order valence-corrected chi connectivity index (χ2v) is 24.5. The number of alkyl halides is 3. The number of benzene rings is 3. The van der Waals surface area contributed by atoms with Gasteiger partial charge in [0, 0.05) is 12.5 Å². The molecule has 5 atom stereocenters. The summed E-state index contributed by atoms with van der Waals surface area (Å²) in [5.41, 5.74) is 4.35. The summed E-state index contributed by atoms with van der Waals surface area (Å²) >= 11 is 0. The van der Waals surface area contributed by atoms with Gasteiger partial charge in [0.2, 0.25) is 11.8 Å². The second kappa shape index (κ2) is 18.3. The zero-order chi connectivity index (χ0) is 44.4. The fourth-order valence-corrected chi connectivity index (χ4v) is 10.1. The Morgan fingerprint density at radius 2 is 1.48 bits per heavy atom. The first-order valence-corrected chi connectivity index (χ1v) is 24.5. The second-order valence-electron chi connectivity index (χ2n) is 17.4. The maximum Gasteiger partial charge on any atom is 0.416 e. The van der Waals surface area contributed by atoms with Gasteiger partial charge in [0.25, 0.3) is 0 Å². The van der Waals surface area contributed by atoms with Crippen molar-refractivity contribution in [1.29, 1.82) is 0 Å². The van der Waals surface area contributed by atoms with Gasteiger partial charge in [-0.3, -0.25) is 9.59 Å². The predicted octanol–water partition coefficient (Wildman–Crippen LogP) is 6.57. The highest BCUT2D eigenvalue weighted by atomic mass is 32.2. The van der Waals surface area contributed by atoms with Gasteiger partial charge < -0.3 is 34.5 Å². The number of alkyl carbamates (subject to hydrolysis) is 1. The molecule has 1 aliphatic heterocycles. The molecule has 328 valence electrons. The van der Waals surface area contributed by atoms with Crippen LogP contribution in [0.2, 0.25) is 18.1 Å². The number of methoxy groups -OCH3 is 1. The molecule has 12 nitrogen and oxygen atoms in total. The van der Waals surface area contributed by atoms with Gasteiger partial charge in [0.05, 0.1) is 30.8 Å². The van der Waals surface area contributed by atoms with E-state index in [9.17, 15) is 41.1 Å². The van der Waals surface area contributed by atoms with Crippen LogP contribution in [0, 0.1) is 5.92 Å². The third-order valence-corrected chi connectivity index (χ3v) is 18.5. The first-order valence-electron chi connectivity index (χ1n) is 19.9. The van der Waals surface area contributed by atoms with Crippen LogP contribution in [0.4, 0.5) is 18.0 Å². The number of amides is 3. The molecule has 0 radical (unpaired) electrons. The molecule has 3 amide bonds. The van der Waals surface area contributed by atoms with Gasteiger partial charge in [-0.1, -0.05) is 95.3 Å². The van der Waals surface area contributed by atoms with Crippen LogP contribution in [0.15, 0.2) is 72.8 Å². The normalized spacial score (nSPS) is 18.6. The predicted molar refractivity (Wildman–Crippen MR) is 223 cm³/mol. The summed E-state index contributed by atoms with van der Waals surface area (Å²) in [4.78, 5) is 43.4.